The molecule has 18 heavy (non-hydrogen) atoms. The Kier molecular flexibility index (Phi) is 2.45. The lowest BCUT2D eigenvalue weighted by Gasteiger charge is -2.08. The summed E-state index contributed by atoms with van der Waals surface area (Å²) in [6, 6.07) is 14.1. The zero-order valence-electron chi connectivity index (χ0n) is 10.1. The zero-order valence-corrected chi connectivity index (χ0v) is 10.1. The first-order valence-electron chi connectivity index (χ1n) is 5.83. The first kappa shape index (κ1) is 10.7. The van der Waals surface area contributed by atoms with Gasteiger partial charge in [-0.3, -0.25) is 4.98 Å². The fraction of sp³-hybridized carbons (Fsp3) is 0.0667. The summed E-state index contributed by atoms with van der Waals surface area (Å²) in [7, 11) is 0. The van der Waals surface area contributed by atoms with Crippen molar-refractivity contribution in [1.29, 1.82) is 0 Å². The molecule has 3 aromatic rings. The number of hydrogen-bond acceptors (Lipinski definition) is 3. The van der Waals surface area contributed by atoms with Crippen LogP contribution in [0.1, 0.15) is 5.69 Å². The summed E-state index contributed by atoms with van der Waals surface area (Å²) in [6.07, 6.45) is 1.80. The monoisotopic (exact) mass is 235 g/mol. The highest BCUT2D eigenvalue weighted by Crippen LogP contribution is 2.29. The zero-order chi connectivity index (χ0) is 12.5. The number of aromatic nitrogens is 2. The summed E-state index contributed by atoms with van der Waals surface area (Å²) in [5.74, 6) is 0.527. The quantitative estimate of drug-likeness (QED) is 0.704. The molecule has 3 heteroatoms. The predicted molar refractivity (Wildman–Crippen MR) is 74.1 cm³/mol. The van der Waals surface area contributed by atoms with E-state index in [2.05, 4.69) is 22.1 Å². The summed E-state index contributed by atoms with van der Waals surface area (Å²) in [4.78, 5) is 8.74. The second-order valence-corrected chi connectivity index (χ2v) is 4.27. The summed E-state index contributed by atoms with van der Waals surface area (Å²) < 4.78 is 0. The first-order chi connectivity index (χ1) is 8.75. The predicted octanol–water partition coefficient (Wildman–Crippen LogP) is 3.19. The molecule has 0 aliphatic heterocycles. The Morgan fingerprint density at radius 3 is 2.67 bits per heavy atom. The van der Waals surface area contributed by atoms with Gasteiger partial charge in [0.1, 0.15) is 5.82 Å². The Balaban J connectivity index is 2.31. The van der Waals surface area contributed by atoms with Crippen LogP contribution in [0.4, 0.5) is 5.82 Å². The molecule has 0 spiro atoms. The Labute approximate surface area is 105 Å². The van der Waals surface area contributed by atoms with E-state index < -0.39 is 0 Å². The van der Waals surface area contributed by atoms with Crippen LogP contribution in [-0.4, -0.2) is 9.97 Å². The Morgan fingerprint density at radius 1 is 1.00 bits per heavy atom. The van der Waals surface area contributed by atoms with Crippen LogP contribution in [0.25, 0.3) is 22.0 Å². The van der Waals surface area contributed by atoms with Gasteiger partial charge in [0.15, 0.2) is 0 Å². The molecule has 3 rings (SSSR count). The molecule has 0 unspecified atom stereocenters. The van der Waals surface area contributed by atoms with E-state index >= 15 is 0 Å². The van der Waals surface area contributed by atoms with E-state index in [9.17, 15) is 0 Å². The van der Waals surface area contributed by atoms with Crippen molar-refractivity contribution in [3.05, 3.63) is 54.4 Å². The van der Waals surface area contributed by atoms with Gasteiger partial charge in [0, 0.05) is 22.8 Å². The van der Waals surface area contributed by atoms with Crippen LogP contribution in [0, 0.1) is 6.92 Å². The topological polar surface area (TPSA) is 51.8 Å². The molecule has 1 aromatic carbocycles. The highest BCUT2D eigenvalue weighted by Gasteiger charge is 2.08. The Hall–Kier alpha value is -2.42. The first-order valence-corrected chi connectivity index (χ1v) is 5.83. The molecule has 0 saturated heterocycles. The van der Waals surface area contributed by atoms with Gasteiger partial charge in [0.25, 0.3) is 0 Å². The molecule has 0 atom stereocenters. The molecule has 0 aliphatic carbocycles. The number of hydrogen-bond donors (Lipinski definition) is 1. The van der Waals surface area contributed by atoms with Gasteiger partial charge >= 0.3 is 0 Å². The van der Waals surface area contributed by atoms with Gasteiger partial charge in [-0.15, -0.1) is 0 Å². The van der Waals surface area contributed by atoms with Gasteiger partial charge in [0.2, 0.25) is 0 Å². The highest BCUT2D eigenvalue weighted by atomic mass is 14.8. The number of benzene rings is 1. The van der Waals surface area contributed by atoms with Gasteiger partial charge < -0.3 is 5.73 Å². The van der Waals surface area contributed by atoms with Crippen molar-refractivity contribution in [2.24, 2.45) is 0 Å². The van der Waals surface area contributed by atoms with E-state index in [1.54, 1.807) is 6.20 Å². The molecule has 2 aromatic heterocycles. The summed E-state index contributed by atoms with van der Waals surface area (Å²) >= 11 is 0. The SMILES string of the molecule is Cc1ccc(-c2nccc3ccccc23)c(N)n1. The number of nitrogens with zero attached hydrogens (tertiary/aromatic N) is 2. The molecule has 0 radical (unpaired) electrons. The molecule has 3 nitrogen and oxygen atoms in total. The summed E-state index contributed by atoms with van der Waals surface area (Å²) in [6.45, 7) is 1.93. The van der Waals surface area contributed by atoms with Crippen molar-refractivity contribution >= 4 is 16.6 Å². The number of pyridine rings is 2. The van der Waals surface area contributed by atoms with E-state index in [1.807, 2.05) is 37.3 Å². The second-order valence-electron chi connectivity index (χ2n) is 4.27. The number of aryl methyl sites for hydroxylation is 1. The van der Waals surface area contributed by atoms with Crippen LogP contribution in [0.5, 0.6) is 0 Å². The van der Waals surface area contributed by atoms with Crippen LogP contribution in [0.3, 0.4) is 0 Å². The number of nitrogen functional groups attached to an aromatic ring is 1. The molecule has 88 valence electrons. The van der Waals surface area contributed by atoms with Gasteiger partial charge in [-0.25, -0.2) is 4.98 Å². The minimum atomic E-state index is 0.527. The van der Waals surface area contributed by atoms with Gasteiger partial charge in [-0.1, -0.05) is 24.3 Å². The molecule has 0 saturated carbocycles. The lowest BCUT2D eigenvalue weighted by molar-refractivity contribution is 1.20. The fourth-order valence-electron chi connectivity index (χ4n) is 2.11. The van der Waals surface area contributed by atoms with Crippen LogP contribution >= 0.6 is 0 Å². The lowest BCUT2D eigenvalue weighted by atomic mass is 10.0. The van der Waals surface area contributed by atoms with Gasteiger partial charge in [0.05, 0.1) is 5.69 Å². The van der Waals surface area contributed by atoms with E-state index in [-0.39, 0.29) is 0 Å². The maximum atomic E-state index is 5.99. The third-order valence-electron chi connectivity index (χ3n) is 2.99. The normalized spacial score (nSPS) is 10.7. The summed E-state index contributed by atoms with van der Waals surface area (Å²) in [5, 5.41) is 2.25. The van der Waals surface area contributed by atoms with Crippen molar-refractivity contribution in [3.63, 3.8) is 0 Å². The third kappa shape index (κ3) is 1.70. The van der Waals surface area contributed by atoms with Crippen LogP contribution in [0.15, 0.2) is 48.7 Å². The number of fused-ring (bicyclic) bond motifs is 1. The minimum absolute atomic E-state index is 0.527. The molecular weight excluding hydrogens is 222 g/mol. The van der Waals surface area contributed by atoms with Crippen LogP contribution in [-0.2, 0) is 0 Å². The molecule has 0 fully saturated rings. The van der Waals surface area contributed by atoms with Crippen molar-refractivity contribution in [1.82, 2.24) is 9.97 Å². The van der Waals surface area contributed by atoms with Gasteiger partial charge in [-0.05, 0) is 30.5 Å². The lowest BCUT2D eigenvalue weighted by Crippen LogP contribution is -1.97. The molecule has 2 heterocycles. The second kappa shape index (κ2) is 4.11. The number of nitrogens with two attached hydrogens (primary N) is 1. The maximum absolute atomic E-state index is 5.99. The Bertz CT molecular complexity index is 715. The van der Waals surface area contributed by atoms with Gasteiger partial charge in [-0.2, -0.15) is 0 Å². The molecule has 2 N–H and O–H groups in total. The molecular formula is C15H13N3. The van der Waals surface area contributed by atoms with Crippen LogP contribution in [0.2, 0.25) is 0 Å². The minimum Gasteiger partial charge on any atom is -0.383 e. The molecule has 0 aliphatic rings. The number of anilines is 1. The number of rotatable bonds is 1. The standard InChI is InChI=1S/C15H13N3/c1-10-6-7-13(15(16)18-10)14-12-5-3-2-4-11(12)8-9-17-14/h2-9H,1H3,(H2,16,18). The fourth-order valence-corrected chi connectivity index (χ4v) is 2.11. The van der Waals surface area contributed by atoms with E-state index in [4.69, 9.17) is 5.73 Å². The van der Waals surface area contributed by atoms with Crippen molar-refractivity contribution in [3.8, 4) is 11.3 Å². The molecule has 0 bridgehead atoms. The van der Waals surface area contributed by atoms with Crippen molar-refractivity contribution in [2.75, 3.05) is 5.73 Å². The Morgan fingerprint density at radius 2 is 1.83 bits per heavy atom. The average molecular weight is 235 g/mol. The summed E-state index contributed by atoms with van der Waals surface area (Å²) in [5.41, 5.74) is 8.68. The van der Waals surface area contributed by atoms with Crippen molar-refractivity contribution in [2.45, 2.75) is 6.92 Å². The van der Waals surface area contributed by atoms with Crippen molar-refractivity contribution < 1.29 is 0 Å². The molecule has 0 amide bonds. The van der Waals surface area contributed by atoms with Crippen LogP contribution < -0.4 is 5.73 Å². The van der Waals surface area contributed by atoms with E-state index in [1.165, 1.54) is 0 Å². The highest BCUT2D eigenvalue weighted by molar-refractivity contribution is 5.96. The largest absolute Gasteiger partial charge is 0.383 e. The van der Waals surface area contributed by atoms with E-state index in [0.717, 1.165) is 27.7 Å². The van der Waals surface area contributed by atoms with E-state index in [0.29, 0.717) is 5.82 Å². The smallest absolute Gasteiger partial charge is 0.133 e. The maximum Gasteiger partial charge on any atom is 0.133 e. The third-order valence-corrected chi connectivity index (χ3v) is 2.99. The average Bonchev–Trinajstić information content (AvgIpc) is 2.38.